The van der Waals surface area contributed by atoms with Crippen molar-refractivity contribution in [2.24, 2.45) is 5.73 Å². The lowest BCUT2D eigenvalue weighted by atomic mass is 10.1. The van der Waals surface area contributed by atoms with Crippen LogP contribution in [-0.2, 0) is 4.79 Å². The molecule has 4 N–H and O–H groups in total. The molecule has 3 atom stereocenters. The predicted octanol–water partition coefficient (Wildman–Crippen LogP) is 0.533. The topological polar surface area (TPSA) is 75.4 Å². The maximum Gasteiger partial charge on any atom is 0.237 e. The van der Waals surface area contributed by atoms with Crippen LogP contribution < -0.4 is 11.1 Å². The molecule has 4 heteroatoms. The van der Waals surface area contributed by atoms with Crippen LogP contribution >= 0.6 is 0 Å². The molecule has 3 unspecified atom stereocenters. The maximum absolute atomic E-state index is 11.6. The third-order valence-corrected chi connectivity index (χ3v) is 3.08. The van der Waals surface area contributed by atoms with Crippen molar-refractivity contribution in [3.63, 3.8) is 0 Å². The standard InChI is InChI=1S/C11H22N2O2/c1-2-8(12)11(15)13-9-6-4-3-5-7-10(9)14/h8-10,14H,2-7,12H2,1H3,(H,13,15). The van der Waals surface area contributed by atoms with Crippen LogP contribution in [0.25, 0.3) is 0 Å². The molecule has 1 rings (SSSR count). The summed E-state index contributed by atoms with van der Waals surface area (Å²) in [6.45, 7) is 1.88. The van der Waals surface area contributed by atoms with E-state index in [9.17, 15) is 9.90 Å². The van der Waals surface area contributed by atoms with E-state index in [-0.39, 0.29) is 11.9 Å². The fourth-order valence-corrected chi connectivity index (χ4v) is 1.93. The number of aliphatic hydroxyl groups excluding tert-OH is 1. The summed E-state index contributed by atoms with van der Waals surface area (Å²) in [5.41, 5.74) is 5.62. The Bertz CT molecular complexity index is 209. The molecule has 0 aliphatic heterocycles. The Kier molecular flexibility index (Phi) is 5.05. The number of carbonyl (C=O) groups excluding carboxylic acids is 1. The molecular formula is C11H22N2O2. The van der Waals surface area contributed by atoms with Gasteiger partial charge >= 0.3 is 0 Å². The van der Waals surface area contributed by atoms with E-state index in [0.717, 1.165) is 32.1 Å². The summed E-state index contributed by atoms with van der Waals surface area (Å²) in [6, 6.07) is -0.543. The van der Waals surface area contributed by atoms with Gasteiger partial charge in [0.25, 0.3) is 0 Å². The van der Waals surface area contributed by atoms with Gasteiger partial charge in [-0.05, 0) is 19.3 Å². The van der Waals surface area contributed by atoms with Gasteiger partial charge < -0.3 is 16.2 Å². The first-order valence-electron chi connectivity index (χ1n) is 5.89. The molecule has 0 aromatic rings. The van der Waals surface area contributed by atoms with Crippen molar-refractivity contribution >= 4 is 5.91 Å². The molecule has 0 aromatic heterocycles. The number of hydrogen-bond acceptors (Lipinski definition) is 3. The van der Waals surface area contributed by atoms with Crippen LogP contribution in [0, 0.1) is 0 Å². The maximum atomic E-state index is 11.6. The van der Waals surface area contributed by atoms with Gasteiger partial charge in [0.2, 0.25) is 5.91 Å². The summed E-state index contributed by atoms with van der Waals surface area (Å²) in [5.74, 6) is -0.136. The van der Waals surface area contributed by atoms with Gasteiger partial charge in [0.15, 0.2) is 0 Å². The molecule has 0 saturated heterocycles. The van der Waals surface area contributed by atoms with Crippen molar-refractivity contribution in [2.45, 2.75) is 63.6 Å². The van der Waals surface area contributed by atoms with Crippen molar-refractivity contribution in [2.75, 3.05) is 0 Å². The minimum atomic E-state index is -0.444. The van der Waals surface area contributed by atoms with Crippen molar-refractivity contribution in [3.8, 4) is 0 Å². The zero-order valence-corrected chi connectivity index (χ0v) is 9.41. The zero-order chi connectivity index (χ0) is 11.3. The van der Waals surface area contributed by atoms with E-state index in [2.05, 4.69) is 5.32 Å². The summed E-state index contributed by atoms with van der Waals surface area (Å²) in [4.78, 5) is 11.6. The third kappa shape index (κ3) is 3.80. The van der Waals surface area contributed by atoms with E-state index in [4.69, 9.17) is 5.73 Å². The number of amides is 1. The average Bonchev–Trinajstić information content (AvgIpc) is 2.43. The average molecular weight is 214 g/mol. The van der Waals surface area contributed by atoms with Gasteiger partial charge in [-0.25, -0.2) is 0 Å². The van der Waals surface area contributed by atoms with Crippen LogP contribution in [0.5, 0.6) is 0 Å². The highest BCUT2D eigenvalue weighted by molar-refractivity contribution is 5.81. The molecule has 1 saturated carbocycles. The van der Waals surface area contributed by atoms with E-state index in [1.54, 1.807) is 0 Å². The highest BCUT2D eigenvalue weighted by Gasteiger charge is 2.24. The highest BCUT2D eigenvalue weighted by atomic mass is 16.3. The van der Waals surface area contributed by atoms with Crippen molar-refractivity contribution < 1.29 is 9.90 Å². The largest absolute Gasteiger partial charge is 0.391 e. The Morgan fingerprint density at radius 1 is 1.47 bits per heavy atom. The van der Waals surface area contributed by atoms with Crippen molar-refractivity contribution in [1.82, 2.24) is 5.32 Å². The monoisotopic (exact) mass is 214 g/mol. The lowest BCUT2D eigenvalue weighted by Gasteiger charge is -2.23. The summed E-state index contributed by atoms with van der Waals surface area (Å²) in [7, 11) is 0. The molecule has 1 fully saturated rings. The second kappa shape index (κ2) is 6.08. The summed E-state index contributed by atoms with van der Waals surface area (Å²) in [6.07, 6.45) is 5.14. The van der Waals surface area contributed by atoms with Crippen LogP contribution in [0.15, 0.2) is 0 Å². The normalized spacial score (nSPS) is 29.3. The van der Waals surface area contributed by atoms with E-state index in [1.165, 1.54) is 0 Å². The first-order valence-corrected chi connectivity index (χ1v) is 5.89. The fraction of sp³-hybridized carbons (Fsp3) is 0.909. The molecule has 0 bridgehead atoms. The molecule has 0 heterocycles. The second-order valence-corrected chi connectivity index (χ2v) is 4.34. The smallest absolute Gasteiger partial charge is 0.237 e. The molecule has 88 valence electrons. The Morgan fingerprint density at radius 3 is 2.80 bits per heavy atom. The number of nitrogens with two attached hydrogens (primary N) is 1. The van der Waals surface area contributed by atoms with Gasteiger partial charge in [-0.15, -0.1) is 0 Å². The molecule has 0 radical (unpaired) electrons. The predicted molar refractivity (Wildman–Crippen MR) is 59.3 cm³/mol. The van der Waals surface area contributed by atoms with Crippen molar-refractivity contribution in [1.29, 1.82) is 0 Å². The number of carbonyl (C=O) groups is 1. The van der Waals surface area contributed by atoms with Crippen LogP contribution in [0.4, 0.5) is 0 Å². The molecular weight excluding hydrogens is 192 g/mol. The van der Waals surface area contributed by atoms with Gasteiger partial charge in [-0.3, -0.25) is 4.79 Å². The fourth-order valence-electron chi connectivity index (χ4n) is 1.93. The highest BCUT2D eigenvalue weighted by Crippen LogP contribution is 2.18. The Morgan fingerprint density at radius 2 is 2.13 bits per heavy atom. The van der Waals surface area contributed by atoms with E-state index in [1.807, 2.05) is 6.92 Å². The number of hydrogen-bond donors (Lipinski definition) is 3. The molecule has 0 spiro atoms. The molecule has 4 nitrogen and oxygen atoms in total. The van der Waals surface area contributed by atoms with Crippen LogP contribution in [-0.4, -0.2) is 29.2 Å². The third-order valence-electron chi connectivity index (χ3n) is 3.08. The van der Waals surface area contributed by atoms with E-state index in [0.29, 0.717) is 6.42 Å². The van der Waals surface area contributed by atoms with Crippen molar-refractivity contribution in [3.05, 3.63) is 0 Å². The van der Waals surface area contributed by atoms with Crippen LogP contribution in [0.1, 0.15) is 45.4 Å². The van der Waals surface area contributed by atoms with E-state index < -0.39 is 12.1 Å². The first kappa shape index (κ1) is 12.5. The zero-order valence-electron chi connectivity index (χ0n) is 9.41. The number of aliphatic hydroxyl groups is 1. The summed E-state index contributed by atoms with van der Waals surface area (Å²) >= 11 is 0. The second-order valence-electron chi connectivity index (χ2n) is 4.34. The van der Waals surface area contributed by atoms with Gasteiger partial charge in [-0.1, -0.05) is 26.2 Å². The Hall–Kier alpha value is -0.610. The molecule has 15 heavy (non-hydrogen) atoms. The number of rotatable bonds is 3. The molecule has 1 aliphatic rings. The summed E-state index contributed by atoms with van der Waals surface area (Å²) in [5, 5.41) is 12.6. The van der Waals surface area contributed by atoms with Gasteiger partial charge in [0.05, 0.1) is 18.2 Å². The molecule has 1 aliphatic carbocycles. The lowest BCUT2D eigenvalue weighted by molar-refractivity contribution is -0.124. The minimum Gasteiger partial charge on any atom is -0.391 e. The lowest BCUT2D eigenvalue weighted by Crippen LogP contribution is -2.49. The SMILES string of the molecule is CCC(N)C(=O)NC1CCCCCC1O. The van der Waals surface area contributed by atoms with Gasteiger partial charge in [0.1, 0.15) is 0 Å². The molecule has 1 amide bonds. The van der Waals surface area contributed by atoms with E-state index >= 15 is 0 Å². The number of nitrogens with one attached hydrogen (secondary N) is 1. The quantitative estimate of drug-likeness (QED) is 0.600. The minimum absolute atomic E-state index is 0.0994. The Balaban J connectivity index is 2.44. The van der Waals surface area contributed by atoms with Gasteiger partial charge in [-0.2, -0.15) is 0 Å². The molecule has 0 aromatic carbocycles. The Labute approximate surface area is 91.2 Å². The van der Waals surface area contributed by atoms with Crippen LogP contribution in [0.2, 0.25) is 0 Å². The van der Waals surface area contributed by atoms with Crippen LogP contribution in [0.3, 0.4) is 0 Å². The first-order chi connectivity index (χ1) is 7.15. The van der Waals surface area contributed by atoms with Gasteiger partial charge in [0, 0.05) is 0 Å². The summed E-state index contributed by atoms with van der Waals surface area (Å²) < 4.78 is 0.